The van der Waals surface area contributed by atoms with Crippen LogP contribution in [0.2, 0.25) is 0 Å². The second-order valence-corrected chi connectivity index (χ2v) is 7.04. The Labute approximate surface area is 119 Å². The van der Waals surface area contributed by atoms with Gasteiger partial charge in [0.1, 0.15) is 0 Å². The Hall–Kier alpha value is -0.900. The lowest BCUT2D eigenvalue weighted by molar-refractivity contribution is 0.112. The van der Waals surface area contributed by atoms with Crippen molar-refractivity contribution in [3.63, 3.8) is 0 Å². The van der Waals surface area contributed by atoms with Gasteiger partial charge in [-0.05, 0) is 37.0 Å². The van der Waals surface area contributed by atoms with E-state index in [4.69, 9.17) is 4.98 Å². The quantitative estimate of drug-likeness (QED) is 0.787. The van der Waals surface area contributed by atoms with Crippen LogP contribution in [0.5, 0.6) is 0 Å². The summed E-state index contributed by atoms with van der Waals surface area (Å²) >= 11 is 1.59. The van der Waals surface area contributed by atoms with Gasteiger partial charge in [-0.2, -0.15) is 0 Å². The summed E-state index contributed by atoms with van der Waals surface area (Å²) in [4.78, 5) is 19.2. The number of hydrogen-bond donors (Lipinski definition) is 0. The normalized spacial score (nSPS) is 27.6. The van der Waals surface area contributed by atoms with Crippen LogP contribution in [0.3, 0.4) is 0 Å². The third kappa shape index (κ3) is 2.31. The smallest absolute Gasteiger partial charge is 0.186 e. The first-order valence-corrected chi connectivity index (χ1v) is 8.25. The molecule has 2 heterocycles. The van der Waals surface area contributed by atoms with Gasteiger partial charge in [0.05, 0.1) is 10.6 Å². The number of thiazole rings is 1. The number of hydrogen-bond acceptors (Lipinski definition) is 4. The van der Waals surface area contributed by atoms with Crippen molar-refractivity contribution in [2.24, 2.45) is 11.8 Å². The van der Waals surface area contributed by atoms with Crippen molar-refractivity contribution in [2.75, 3.05) is 18.0 Å². The van der Waals surface area contributed by atoms with Gasteiger partial charge in [0.15, 0.2) is 11.4 Å². The van der Waals surface area contributed by atoms with Gasteiger partial charge < -0.3 is 4.90 Å². The first-order valence-electron chi connectivity index (χ1n) is 7.43. The molecule has 0 amide bonds. The molecule has 4 heteroatoms. The summed E-state index contributed by atoms with van der Waals surface area (Å²) in [6.45, 7) is 6.61. The highest BCUT2D eigenvalue weighted by Gasteiger charge is 2.37. The van der Waals surface area contributed by atoms with Crippen molar-refractivity contribution in [1.29, 1.82) is 0 Å². The molecule has 0 spiro atoms. The molecule has 1 aromatic heterocycles. The van der Waals surface area contributed by atoms with E-state index < -0.39 is 0 Å². The summed E-state index contributed by atoms with van der Waals surface area (Å²) in [5.74, 6) is 2.12. The third-order valence-corrected chi connectivity index (χ3v) is 5.91. The molecule has 0 radical (unpaired) electrons. The number of nitrogens with zero attached hydrogens (tertiary/aromatic N) is 2. The minimum atomic E-state index is 0.382. The molecule has 0 aromatic carbocycles. The zero-order valence-corrected chi connectivity index (χ0v) is 12.6. The van der Waals surface area contributed by atoms with E-state index in [2.05, 4.69) is 18.7 Å². The van der Waals surface area contributed by atoms with E-state index in [1.54, 1.807) is 11.3 Å². The van der Waals surface area contributed by atoms with Crippen LogP contribution in [-0.2, 0) is 0 Å². The SMILES string of the molecule is CCC(C)c1nc(N2CC3CCCC3C2)sc1C=O. The van der Waals surface area contributed by atoms with Gasteiger partial charge in [-0.3, -0.25) is 4.79 Å². The number of carbonyl (C=O) groups is 1. The van der Waals surface area contributed by atoms with Gasteiger partial charge in [0.2, 0.25) is 0 Å². The lowest BCUT2D eigenvalue weighted by Gasteiger charge is -2.15. The van der Waals surface area contributed by atoms with Crippen LogP contribution in [0, 0.1) is 11.8 Å². The average molecular weight is 278 g/mol. The van der Waals surface area contributed by atoms with Crippen molar-refractivity contribution in [1.82, 2.24) is 4.98 Å². The Morgan fingerprint density at radius 3 is 2.68 bits per heavy atom. The van der Waals surface area contributed by atoms with E-state index in [0.29, 0.717) is 5.92 Å². The summed E-state index contributed by atoms with van der Waals surface area (Å²) < 4.78 is 0. The fourth-order valence-corrected chi connectivity index (χ4v) is 4.51. The molecule has 1 saturated carbocycles. The van der Waals surface area contributed by atoms with Crippen LogP contribution < -0.4 is 4.90 Å². The highest BCUT2D eigenvalue weighted by Crippen LogP contribution is 2.41. The number of rotatable bonds is 4. The van der Waals surface area contributed by atoms with E-state index in [9.17, 15) is 4.79 Å². The molecular weight excluding hydrogens is 256 g/mol. The number of aldehydes is 1. The molecule has 1 saturated heterocycles. The molecule has 3 nitrogen and oxygen atoms in total. The Bertz CT molecular complexity index is 459. The van der Waals surface area contributed by atoms with E-state index >= 15 is 0 Å². The molecule has 3 atom stereocenters. The molecular formula is C15H22N2OS. The van der Waals surface area contributed by atoms with Crippen molar-refractivity contribution in [3.05, 3.63) is 10.6 Å². The summed E-state index contributed by atoms with van der Waals surface area (Å²) in [5, 5.41) is 1.08. The van der Waals surface area contributed by atoms with E-state index in [1.165, 1.54) is 19.3 Å². The molecule has 0 N–H and O–H groups in total. The first-order chi connectivity index (χ1) is 9.22. The lowest BCUT2D eigenvalue weighted by atomic mass is 10.0. The molecule has 0 bridgehead atoms. The minimum Gasteiger partial charge on any atom is -0.347 e. The number of anilines is 1. The summed E-state index contributed by atoms with van der Waals surface area (Å²) in [6.07, 6.45) is 6.18. The molecule has 3 rings (SSSR count). The van der Waals surface area contributed by atoms with Crippen molar-refractivity contribution < 1.29 is 4.79 Å². The fourth-order valence-electron chi connectivity index (χ4n) is 3.49. The maximum Gasteiger partial charge on any atom is 0.186 e. The van der Waals surface area contributed by atoms with Crippen LogP contribution >= 0.6 is 11.3 Å². The van der Waals surface area contributed by atoms with Crippen LogP contribution in [0.1, 0.15) is 60.8 Å². The van der Waals surface area contributed by atoms with Crippen molar-refractivity contribution >= 4 is 22.8 Å². The van der Waals surface area contributed by atoms with Gasteiger partial charge in [-0.25, -0.2) is 4.98 Å². The topological polar surface area (TPSA) is 33.2 Å². The van der Waals surface area contributed by atoms with Crippen LogP contribution in [0.15, 0.2) is 0 Å². The maximum atomic E-state index is 11.2. The van der Waals surface area contributed by atoms with Gasteiger partial charge >= 0.3 is 0 Å². The second-order valence-electron chi connectivity index (χ2n) is 6.03. The van der Waals surface area contributed by atoms with E-state index in [-0.39, 0.29) is 0 Å². The largest absolute Gasteiger partial charge is 0.347 e. The number of fused-ring (bicyclic) bond motifs is 1. The van der Waals surface area contributed by atoms with Crippen LogP contribution in [-0.4, -0.2) is 24.4 Å². The second kappa shape index (κ2) is 5.23. The average Bonchev–Trinajstić information content (AvgIpc) is 3.09. The molecule has 1 aliphatic heterocycles. The maximum absolute atomic E-state index is 11.2. The van der Waals surface area contributed by atoms with E-state index in [1.807, 2.05) is 0 Å². The number of carbonyl (C=O) groups excluding carboxylic acids is 1. The minimum absolute atomic E-state index is 0.382. The Morgan fingerprint density at radius 2 is 2.11 bits per heavy atom. The molecule has 1 aliphatic carbocycles. The molecule has 2 aliphatic rings. The van der Waals surface area contributed by atoms with Crippen molar-refractivity contribution in [2.45, 2.75) is 45.4 Å². The van der Waals surface area contributed by atoms with Gasteiger partial charge in [0.25, 0.3) is 0 Å². The van der Waals surface area contributed by atoms with Gasteiger partial charge in [-0.1, -0.05) is 31.6 Å². The summed E-state index contributed by atoms with van der Waals surface area (Å²) in [6, 6.07) is 0. The molecule has 3 unspecified atom stereocenters. The standard InChI is InChI=1S/C15H22N2OS/c1-3-10(2)14-13(9-18)19-15(16-14)17-7-11-5-4-6-12(11)8-17/h9-12H,3-8H2,1-2H3. The summed E-state index contributed by atoms with van der Waals surface area (Å²) in [7, 11) is 0. The monoisotopic (exact) mass is 278 g/mol. The first kappa shape index (κ1) is 13.1. The highest BCUT2D eigenvalue weighted by atomic mass is 32.1. The van der Waals surface area contributed by atoms with Crippen LogP contribution in [0.25, 0.3) is 0 Å². The number of aromatic nitrogens is 1. The molecule has 19 heavy (non-hydrogen) atoms. The Balaban J connectivity index is 1.82. The lowest BCUT2D eigenvalue weighted by Crippen LogP contribution is -2.20. The predicted octanol–water partition coefficient (Wildman–Crippen LogP) is 3.71. The molecule has 1 aromatic rings. The zero-order valence-electron chi connectivity index (χ0n) is 11.8. The van der Waals surface area contributed by atoms with Gasteiger partial charge in [0, 0.05) is 13.1 Å². The molecule has 104 valence electrons. The third-order valence-electron chi connectivity index (χ3n) is 4.85. The highest BCUT2D eigenvalue weighted by molar-refractivity contribution is 7.17. The predicted molar refractivity (Wildman–Crippen MR) is 79.3 cm³/mol. The fraction of sp³-hybridized carbons (Fsp3) is 0.733. The van der Waals surface area contributed by atoms with Gasteiger partial charge in [-0.15, -0.1) is 0 Å². The summed E-state index contributed by atoms with van der Waals surface area (Å²) in [5.41, 5.74) is 1.01. The zero-order chi connectivity index (χ0) is 13.4. The Kier molecular flexibility index (Phi) is 3.61. The van der Waals surface area contributed by atoms with Crippen molar-refractivity contribution in [3.8, 4) is 0 Å². The van der Waals surface area contributed by atoms with E-state index in [0.717, 1.165) is 53.3 Å². The van der Waals surface area contributed by atoms with Crippen LogP contribution in [0.4, 0.5) is 5.13 Å². The molecule has 2 fully saturated rings. The Morgan fingerprint density at radius 1 is 1.42 bits per heavy atom.